The molecule has 0 heterocycles. The lowest BCUT2D eigenvalue weighted by atomic mass is 14.0. The van der Waals surface area contributed by atoms with Crippen molar-refractivity contribution in [1.82, 2.24) is 6.15 Å². The zero-order valence-electron chi connectivity index (χ0n) is 2.55. The first kappa shape index (κ1) is 19.4. The van der Waals surface area contributed by atoms with E-state index in [2.05, 4.69) is 0 Å². The highest BCUT2D eigenvalue weighted by Crippen LogP contribution is 1.66. The van der Waals surface area contributed by atoms with Gasteiger partial charge in [0, 0.05) is 5.48 Å². The van der Waals surface area contributed by atoms with E-state index in [0.29, 0.717) is 0 Å². The molecule has 0 aromatic heterocycles. The highest BCUT2D eigenvalue weighted by Gasteiger charge is 1.17. The Morgan fingerprint density at radius 1 is 1.60 bits per heavy atom. The van der Waals surface area contributed by atoms with E-state index in [0.717, 1.165) is 0 Å². The summed E-state index contributed by atoms with van der Waals surface area (Å²) in [7, 11) is -1.50. The molecule has 5 heteroatoms. The van der Waals surface area contributed by atoms with Crippen LogP contribution in [0.2, 0.25) is 0 Å². The third-order valence-corrected chi connectivity index (χ3v) is 0. The SMILES string of the molecule is N.O=[PH2]O.[O]. The molecule has 1 atom stereocenters. The summed E-state index contributed by atoms with van der Waals surface area (Å²) >= 11 is 0. The van der Waals surface area contributed by atoms with Gasteiger partial charge in [0.05, 0.1) is 0 Å². The van der Waals surface area contributed by atoms with Crippen molar-refractivity contribution in [3.05, 3.63) is 0 Å². The molecule has 0 aromatic carbocycles. The predicted octanol–water partition coefficient (Wildman–Crippen LogP) is -0.307. The smallest absolute Gasteiger partial charge is 0.177 e. The quantitative estimate of drug-likeness (QED) is 0.407. The first-order chi connectivity index (χ1) is 1.41. The van der Waals surface area contributed by atoms with Gasteiger partial charge in [0.2, 0.25) is 0 Å². The number of hydrogen-bond acceptors (Lipinski definition) is 2. The summed E-state index contributed by atoms with van der Waals surface area (Å²) in [4.78, 5) is 7.10. The van der Waals surface area contributed by atoms with E-state index in [9.17, 15) is 0 Å². The van der Waals surface area contributed by atoms with Crippen molar-refractivity contribution in [1.29, 1.82) is 0 Å². The molecule has 34 valence electrons. The van der Waals surface area contributed by atoms with Gasteiger partial charge >= 0.3 is 0 Å². The second kappa shape index (κ2) is 32.3. The first-order valence-electron chi connectivity index (χ1n) is 0.494. The Morgan fingerprint density at radius 3 is 1.60 bits per heavy atom. The minimum absolute atomic E-state index is 0. The molecule has 0 saturated heterocycles. The van der Waals surface area contributed by atoms with Crippen molar-refractivity contribution in [2.24, 2.45) is 0 Å². The van der Waals surface area contributed by atoms with E-state index in [1.54, 1.807) is 0 Å². The van der Waals surface area contributed by atoms with Crippen LogP contribution in [0.4, 0.5) is 0 Å². The predicted molar refractivity (Wildman–Crippen MR) is 18.3 cm³/mol. The Morgan fingerprint density at radius 2 is 1.60 bits per heavy atom. The van der Waals surface area contributed by atoms with Crippen molar-refractivity contribution < 1.29 is 14.9 Å². The van der Waals surface area contributed by atoms with Gasteiger partial charge in [0.25, 0.3) is 0 Å². The summed E-state index contributed by atoms with van der Waals surface area (Å²) in [5.41, 5.74) is 0. The minimum Gasteiger partial charge on any atom is -0.348 e. The van der Waals surface area contributed by atoms with Gasteiger partial charge < -0.3 is 11.0 Å². The lowest BCUT2D eigenvalue weighted by molar-refractivity contribution is 0.524. The lowest BCUT2D eigenvalue weighted by Gasteiger charge is -1.33. The second-order valence-corrected chi connectivity index (χ2v) is 0.316. The Labute approximate surface area is 31.0 Å². The molecule has 0 saturated carbocycles. The normalized spacial score (nSPS) is 5.80. The van der Waals surface area contributed by atoms with Crippen LogP contribution in [-0.2, 0) is 10.0 Å². The fourth-order valence-electron chi connectivity index (χ4n) is 0. The van der Waals surface area contributed by atoms with Crippen LogP contribution in [0.15, 0.2) is 0 Å². The molecule has 0 aliphatic rings. The summed E-state index contributed by atoms with van der Waals surface area (Å²) in [6.07, 6.45) is 0. The van der Waals surface area contributed by atoms with E-state index >= 15 is 0 Å². The van der Waals surface area contributed by atoms with Crippen LogP contribution in [0.5, 0.6) is 0 Å². The molecule has 4 nitrogen and oxygen atoms in total. The van der Waals surface area contributed by atoms with Crippen molar-refractivity contribution in [2.75, 3.05) is 0 Å². The van der Waals surface area contributed by atoms with Gasteiger partial charge in [0.15, 0.2) is 8.69 Å². The van der Waals surface area contributed by atoms with Gasteiger partial charge in [-0.25, -0.2) is 0 Å². The maximum absolute atomic E-state index is 8.57. The van der Waals surface area contributed by atoms with Crippen LogP contribution >= 0.6 is 8.69 Å². The molecule has 1 unspecified atom stereocenters. The Hall–Kier alpha value is 0.110. The third-order valence-electron chi connectivity index (χ3n) is 0. The van der Waals surface area contributed by atoms with Crippen LogP contribution in [0.3, 0.4) is 0 Å². The molecule has 0 bridgehead atoms. The third kappa shape index (κ3) is 1510. The zero-order chi connectivity index (χ0) is 2.71. The molecule has 0 amide bonds. The Balaban J connectivity index is -0.0000000200. The van der Waals surface area contributed by atoms with Gasteiger partial charge in [-0.1, -0.05) is 0 Å². The Bertz CT molecular complexity index is 14.4. The largest absolute Gasteiger partial charge is 0.348 e. The molecule has 0 aromatic rings. The van der Waals surface area contributed by atoms with Gasteiger partial charge in [0.1, 0.15) is 0 Å². The van der Waals surface area contributed by atoms with E-state index in [4.69, 9.17) is 9.46 Å². The number of hydrogen-bond donors (Lipinski definition) is 2. The minimum atomic E-state index is -1.50. The summed E-state index contributed by atoms with van der Waals surface area (Å²) in [6, 6.07) is 0. The van der Waals surface area contributed by atoms with E-state index in [1.165, 1.54) is 0 Å². The molecular weight excluding hydrogens is 93.0 g/mol. The fourth-order valence-corrected chi connectivity index (χ4v) is 0. The molecule has 5 heavy (non-hydrogen) atoms. The van der Waals surface area contributed by atoms with E-state index < -0.39 is 8.69 Å². The fraction of sp³-hybridized carbons (Fsp3) is 0. The molecule has 0 rings (SSSR count). The van der Waals surface area contributed by atoms with E-state index in [-0.39, 0.29) is 11.6 Å². The maximum Gasteiger partial charge on any atom is 0.177 e. The van der Waals surface area contributed by atoms with Crippen LogP contribution in [-0.4, -0.2) is 4.89 Å². The van der Waals surface area contributed by atoms with Gasteiger partial charge in [-0.2, -0.15) is 0 Å². The first-order valence-corrected chi connectivity index (χ1v) is 1.48. The van der Waals surface area contributed by atoms with Crippen molar-refractivity contribution >= 4 is 8.69 Å². The average Bonchev–Trinajstić information content (AvgIpc) is 0.918. The van der Waals surface area contributed by atoms with Crippen molar-refractivity contribution in [3.8, 4) is 0 Å². The molecule has 0 aliphatic heterocycles. The summed E-state index contributed by atoms with van der Waals surface area (Å²) in [5.74, 6) is 0. The van der Waals surface area contributed by atoms with Gasteiger partial charge in [-0.3, -0.25) is 4.57 Å². The number of rotatable bonds is 0. The zero-order valence-corrected chi connectivity index (χ0v) is 3.70. The van der Waals surface area contributed by atoms with Crippen molar-refractivity contribution in [3.63, 3.8) is 0 Å². The lowest BCUT2D eigenvalue weighted by Crippen LogP contribution is -1.03. The van der Waals surface area contributed by atoms with Crippen LogP contribution < -0.4 is 6.15 Å². The monoisotopic (exact) mass is 99.0 g/mol. The summed E-state index contributed by atoms with van der Waals surface area (Å²) < 4.78 is 8.57. The second-order valence-electron chi connectivity index (χ2n) is 0.105. The topological polar surface area (TPSA) is 101 Å². The van der Waals surface area contributed by atoms with Crippen LogP contribution in [0, 0.1) is 0 Å². The highest BCUT2D eigenvalue weighted by molar-refractivity contribution is 7.16. The molecule has 0 aliphatic carbocycles. The van der Waals surface area contributed by atoms with Crippen LogP contribution in [0.1, 0.15) is 0 Å². The summed E-state index contributed by atoms with van der Waals surface area (Å²) in [5, 5.41) is 0. The van der Waals surface area contributed by atoms with Gasteiger partial charge in [-0.15, -0.1) is 0 Å². The molecule has 2 radical (unpaired) electrons. The summed E-state index contributed by atoms with van der Waals surface area (Å²) in [6.45, 7) is 0. The van der Waals surface area contributed by atoms with E-state index in [1.807, 2.05) is 0 Å². The molecule has 0 spiro atoms. The molecule has 4 N–H and O–H groups in total. The highest BCUT2D eigenvalue weighted by atomic mass is 31.1. The van der Waals surface area contributed by atoms with Crippen molar-refractivity contribution in [2.45, 2.75) is 0 Å². The average molecular weight is 99.0 g/mol. The van der Waals surface area contributed by atoms with Gasteiger partial charge in [-0.05, 0) is 0 Å². The molecule has 0 fully saturated rings. The standard InChI is InChI=1S/H3N.H3O2P.O/c;1-3-2;/h1H3;3H2,(H,1,2);. The van der Waals surface area contributed by atoms with Crippen LogP contribution in [0.25, 0.3) is 0 Å². The maximum atomic E-state index is 8.57. The Kier molecular flexibility index (Phi) is 125. The molecular formula is H6NO3P.